The van der Waals surface area contributed by atoms with Gasteiger partial charge >= 0.3 is 0 Å². The lowest BCUT2D eigenvalue weighted by Crippen LogP contribution is -2.07. The first kappa shape index (κ1) is 14.6. The van der Waals surface area contributed by atoms with Crippen LogP contribution in [0.5, 0.6) is 5.75 Å². The van der Waals surface area contributed by atoms with Crippen LogP contribution in [-0.2, 0) is 0 Å². The third-order valence-corrected chi connectivity index (χ3v) is 2.60. The maximum atomic E-state index is 9.16. The molecule has 1 unspecified atom stereocenters. The summed E-state index contributed by atoms with van der Waals surface area (Å²) in [6.07, 6.45) is 2.47. The van der Waals surface area contributed by atoms with E-state index in [1.54, 1.807) is 6.92 Å². The quantitative estimate of drug-likeness (QED) is 0.491. The molecule has 0 aliphatic rings. The lowest BCUT2D eigenvalue weighted by Gasteiger charge is -2.12. The number of nitrogens with two attached hydrogens (primary N) is 1. The maximum absolute atomic E-state index is 9.16. The van der Waals surface area contributed by atoms with Crippen LogP contribution in [0.15, 0.2) is 18.2 Å². The van der Waals surface area contributed by atoms with Gasteiger partial charge in [0.15, 0.2) is 0 Å². The van der Waals surface area contributed by atoms with E-state index in [-0.39, 0.29) is 6.10 Å². The minimum atomic E-state index is -0.235. The van der Waals surface area contributed by atoms with E-state index in [1.165, 1.54) is 0 Å². The third kappa shape index (κ3) is 5.27. The van der Waals surface area contributed by atoms with Gasteiger partial charge in [0.1, 0.15) is 5.75 Å². The minimum Gasteiger partial charge on any atom is -0.491 e. The van der Waals surface area contributed by atoms with Gasteiger partial charge in [-0.2, -0.15) is 0 Å². The molecule has 0 bridgehead atoms. The van der Waals surface area contributed by atoms with E-state index < -0.39 is 0 Å². The molecular formula is C14H24N2O2. The van der Waals surface area contributed by atoms with Crippen molar-refractivity contribution in [3.05, 3.63) is 18.2 Å². The van der Waals surface area contributed by atoms with Gasteiger partial charge in [-0.3, -0.25) is 0 Å². The molecule has 1 aromatic rings. The molecule has 4 nitrogen and oxygen atoms in total. The maximum Gasteiger partial charge on any atom is 0.144 e. The molecule has 1 aromatic carbocycles. The predicted molar refractivity (Wildman–Crippen MR) is 76.0 cm³/mol. The van der Waals surface area contributed by atoms with E-state index in [2.05, 4.69) is 12.2 Å². The predicted octanol–water partition coefficient (Wildman–Crippen LogP) is 2.63. The average Bonchev–Trinajstić information content (AvgIpc) is 2.34. The second-order valence-corrected chi connectivity index (χ2v) is 4.52. The molecule has 4 heteroatoms. The molecule has 0 aliphatic carbocycles. The number of rotatable bonds is 8. The van der Waals surface area contributed by atoms with E-state index in [9.17, 15) is 0 Å². The molecule has 1 atom stereocenters. The largest absolute Gasteiger partial charge is 0.491 e. The highest BCUT2D eigenvalue weighted by atomic mass is 16.5. The van der Waals surface area contributed by atoms with Crippen LogP contribution in [0.4, 0.5) is 11.4 Å². The van der Waals surface area contributed by atoms with Gasteiger partial charge in [0.2, 0.25) is 0 Å². The highest BCUT2D eigenvalue weighted by molar-refractivity contribution is 5.61. The summed E-state index contributed by atoms with van der Waals surface area (Å²) in [7, 11) is 0. The van der Waals surface area contributed by atoms with Crippen molar-refractivity contribution in [3.8, 4) is 5.75 Å². The number of ether oxygens (including phenoxy) is 1. The Labute approximate surface area is 109 Å². The lowest BCUT2D eigenvalue weighted by atomic mass is 10.2. The van der Waals surface area contributed by atoms with Gasteiger partial charge in [0.25, 0.3) is 0 Å². The summed E-state index contributed by atoms with van der Waals surface area (Å²) in [5.74, 6) is 0.734. The summed E-state index contributed by atoms with van der Waals surface area (Å²) in [6, 6.07) is 5.71. The summed E-state index contributed by atoms with van der Waals surface area (Å²) in [5, 5.41) is 12.5. The fourth-order valence-electron chi connectivity index (χ4n) is 1.61. The number of anilines is 2. The smallest absolute Gasteiger partial charge is 0.144 e. The summed E-state index contributed by atoms with van der Waals surface area (Å²) >= 11 is 0. The highest BCUT2D eigenvalue weighted by Crippen LogP contribution is 2.25. The van der Waals surface area contributed by atoms with Gasteiger partial charge < -0.3 is 20.9 Å². The standard InChI is InChI=1S/C14H24N2O2/c1-3-9-18-14-10-12(6-7-13(14)15)16-8-4-5-11(2)17/h6-7,10-11,16-17H,3-5,8-9,15H2,1-2H3. The van der Waals surface area contributed by atoms with Gasteiger partial charge in [0, 0.05) is 18.3 Å². The van der Waals surface area contributed by atoms with Crippen molar-refractivity contribution >= 4 is 11.4 Å². The van der Waals surface area contributed by atoms with Crippen LogP contribution in [0.1, 0.15) is 33.1 Å². The summed E-state index contributed by atoms with van der Waals surface area (Å²) < 4.78 is 5.57. The molecule has 1 rings (SSSR count). The molecule has 0 fully saturated rings. The van der Waals surface area contributed by atoms with Gasteiger partial charge in [-0.1, -0.05) is 6.92 Å². The minimum absolute atomic E-state index is 0.235. The van der Waals surface area contributed by atoms with E-state index in [1.807, 2.05) is 18.2 Å². The number of aliphatic hydroxyl groups is 1. The molecule has 0 radical (unpaired) electrons. The van der Waals surface area contributed by atoms with Crippen LogP contribution < -0.4 is 15.8 Å². The normalized spacial score (nSPS) is 12.2. The number of nitrogen functional groups attached to an aromatic ring is 1. The van der Waals surface area contributed by atoms with E-state index in [0.717, 1.165) is 37.2 Å². The monoisotopic (exact) mass is 252 g/mol. The molecule has 0 saturated heterocycles. The fraction of sp³-hybridized carbons (Fsp3) is 0.571. The average molecular weight is 252 g/mol. The first-order valence-electron chi connectivity index (χ1n) is 6.57. The van der Waals surface area contributed by atoms with Crippen molar-refractivity contribution in [2.24, 2.45) is 0 Å². The molecule has 0 spiro atoms. The van der Waals surface area contributed by atoms with Crippen LogP contribution in [-0.4, -0.2) is 24.4 Å². The molecule has 4 N–H and O–H groups in total. The molecule has 0 amide bonds. The van der Waals surface area contributed by atoms with Crippen molar-refractivity contribution in [1.29, 1.82) is 0 Å². The molecule has 0 heterocycles. The zero-order valence-electron chi connectivity index (χ0n) is 11.3. The number of aliphatic hydroxyl groups excluding tert-OH is 1. The molecule has 0 saturated carbocycles. The summed E-state index contributed by atoms with van der Waals surface area (Å²) in [4.78, 5) is 0. The first-order chi connectivity index (χ1) is 8.63. The Morgan fingerprint density at radius 2 is 2.22 bits per heavy atom. The SMILES string of the molecule is CCCOc1cc(NCCCC(C)O)ccc1N. The Kier molecular flexibility index (Phi) is 6.36. The molecular weight excluding hydrogens is 228 g/mol. The van der Waals surface area contributed by atoms with Gasteiger partial charge in [0.05, 0.1) is 18.4 Å². The number of hydrogen-bond donors (Lipinski definition) is 3. The van der Waals surface area contributed by atoms with Crippen LogP contribution >= 0.6 is 0 Å². The molecule has 0 aliphatic heterocycles. The van der Waals surface area contributed by atoms with Crippen LogP contribution in [0, 0.1) is 0 Å². The zero-order valence-corrected chi connectivity index (χ0v) is 11.3. The third-order valence-electron chi connectivity index (χ3n) is 2.60. The van der Waals surface area contributed by atoms with E-state index in [0.29, 0.717) is 12.3 Å². The Morgan fingerprint density at radius 3 is 2.89 bits per heavy atom. The Balaban J connectivity index is 2.45. The lowest BCUT2D eigenvalue weighted by molar-refractivity contribution is 0.183. The van der Waals surface area contributed by atoms with E-state index in [4.69, 9.17) is 15.6 Å². The van der Waals surface area contributed by atoms with Crippen LogP contribution in [0.3, 0.4) is 0 Å². The second-order valence-electron chi connectivity index (χ2n) is 4.52. The number of nitrogens with one attached hydrogen (secondary N) is 1. The second kappa shape index (κ2) is 7.82. The van der Waals surface area contributed by atoms with Crippen molar-refractivity contribution < 1.29 is 9.84 Å². The number of benzene rings is 1. The van der Waals surface area contributed by atoms with Gasteiger partial charge in [-0.25, -0.2) is 0 Å². The Hall–Kier alpha value is -1.42. The highest BCUT2D eigenvalue weighted by Gasteiger charge is 2.02. The van der Waals surface area contributed by atoms with E-state index >= 15 is 0 Å². The molecule has 0 aromatic heterocycles. The van der Waals surface area contributed by atoms with Crippen LogP contribution in [0.2, 0.25) is 0 Å². The zero-order chi connectivity index (χ0) is 13.4. The van der Waals surface area contributed by atoms with Crippen molar-refractivity contribution in [2.45, 2.75) is 39.2 Å². The van der Waals surface area contributed by atoms with Gasteiger partial charge in [-0.05, 0) is 38.3 Å². The molecule has 18 heavy (non-hydrogen) atoms. The van der Waals surface area contributed by atoms with Gasteiger partial charge in [-0.15, -0.1) is 0 Å². The first-order valence-corrected chi connectivity index (χ1v) is 6.57. The topological polar surface area (TPSA) is 67.5 Å². The number of hydrogen-bond acceptors (Lipinski definition) is 4. The fourth-order valence-corrected chi connectivity index (χ4v) is 1.61. The Morgan fingerprint density at radius 1 is 1.44 bits per heavy atom. The van der Waals surface area contributed by atoms with Crippen molar-refractivity contribution in [2.75, 3.05) is 24.2 Å². The van der Waals surface area contributed by atoms with Crippen molar-refractivity contribution in [3.63, 3.8) is 0 Å². The summed E-state index contributed by atoms with van der Waals surface area (Å²) in [6.45, 7) is 5.38. The van der Waals surface area contributed by atoms with Crippen LogP contribution in [0.25, 0.3) is 0 Å². The molecule has 102 valence electrons. The summed E-state index contributed by atoms with van der Waals surface area (Å²) in [5.41, 5.74) is 7.50. The Bertz CT molecular complexity index is 354. The van der Waals surface area contributed by atoms with Crippen molar-refractivity contribution in [1.82, 2.24) is 0 Å².